The molecule has 3 nitrogen and oxygen atoms in total. The van der Waals surface area contributed by atoms with Crippen LogP contribution in [0.3, 0.4) is 0 Å². The zero-order chi connectivity index (χ0) is 13.9. The van der Waals surface area contributed by atoms with E-state index in [-0.39, 0.29) is 6.79 Å². The Morgan fingerprint density at radius 3 is 2.39 bits per heavy atom. The van der Waals surface area contributed by atoms with Gasteiger partial charge in [0, 0.05) is 14.5 Å². The normalized spacial score (nSPS) is 10.1. The molecule has 0 aliphatic carbocycles. The molecule has 1 rings (SSSR count). The van der Waals surface area contributed by atoms with Crippen LogP contribution in [-0.4, -0.2) is 12.8 Å². The van der Waals surface area contributed by atoms with Gasteiger partial charge in [0.2, 0.25) is 6.79 Å². The van der Waals surface area contributed by atoms with Crippen molar-refractivity contribution in [2.24, 2.45) is 0 Å². The van der Waals surface area contributed by atoms with Crippen molar-refractivity contribution in [1.29, 1.82) is 0 Å². The lowest BCUT2D eigenvalue weighted by Gasteiger charge is -2.12. The summed E-state index contributed by atoms with van der Waals surface area (Å²) in [6, 6.07) is 1.76. The fraction of sp³-hybridized carbons (Fsp3) is 0.182. The van der Waals surface area contributed by atoms with Crippen LogP contribution in [0.25, 0.3) is 0 Å². The molecule has 0 aromatic heterocycles. The van der Waals surface area contributed by atoms with Crippen molar-refractivity contribution in [2.75, 3.05) is 6.79 Å². The Labute approximate surface area is 138 Å². The second kappa shape index (κ2) is 7.07. The van der Waals surface area contributed by atoms with Gasteiger partial charge in [-0.1, -0.05) is 6.58 Å². The number of benzene rings is 1. The molecule has 0 aliphatic heterocycles. The van der Waals surface area contributed by atoms with Crippen molar-refractivity contribution in [3.8, 4) is 5.75 Å². The van der Waals surface area contributed by atoms with Crippen molar-refractivity contribution < 1.29 is 14.3 Å². The molecular formula is C11H8Br4O3. The van der Waals surface area contributed by atoms with Gasteiger partial charge in [-0.15, -0.1) is 0 Å². The fourth-order valence-corrected chi connectivity index (χ4v) is 3.01. The van der Waals surface area contributed by atoms with E-state index in [2.05, 4.69) is 70.3 Å². The van der Waals surface area contributed by atoms with E-state index >= 15 is 0 Å². The highest BCUT2D eigenvalue weighted by Gasteiger charge is 2.13. The summed E-state index contributed by atoms with van der Waals surface area (Å²) in [4.78, 5) is 11.2. The van der Waals surface area contributed by atoms with Gasteiger partial charge in [-0.2, -0.15) is 0 Å². The Hall–Kier alpha value is 0.150. The van der Waals surface area contributed by atoms with Crippen LogP contribution >= 0.6 is 63.7 Å². The number of carbonyl (C=O) groups is 1. The van der Waals surface area contributed by atoms with Gasteiger partial charge in [-0.05, 0) is 76.7 Å². The summed E-state index contributed by atoms with van der Waals surface area (Å²) < 4.78 is 13.4. The summed E-state index contributed by atoms with van der Waals surface area (Å²) in [6.07, 6.45) is 0. The summed E-state index contributed by atoms with van der Waals surface area (Å²) in [5.41, 5.74) is 0.329. The van der Waals surface area contributed by atoms with Crippen molar-refractivity contribution in [1.82, 2.24) is 0 Å². The number of hydrogen-bond acceptors (Lipinski definition) is 3. The second-order valence-corrected chi connectivity index (χ2v) is 6.51. The molecule has 0 spiro atoms. The first-order chi connectivity index (χ1) is 8.34. The first-order valence-corrected chi connectivity index (χ1v) is 7.80. The molecule has 0 aliphatic rings. The van der Waals surface area contributed by atoms with E-state index in [1.807, 2.05) is 0 Å². The summed E-state index contributed by atoms with van der Waals surface area (Å²) in [5.74, 6) is 0.0628. The van der Waals surface area contributed by atoms with Crippen LogP contribution in [0.15, 0.2) is 36.1 Å². The highest BCUT2D eigenvalue weighted by Crippen LogP contribution is 2.42. The molecule has 1 aromatic rings. The van der Waals surface area contributed by atoms with Crippen LogP contribution in [0, 0.1) is 0 Å². The predicted octanol–water partition coefficient (Wildman–Crippen LogP) is 5.19. The molecule has 0 saturated carbocycles. The third-order valence-electron chi connectivity index (χ3n) is 1.82. The van der Waals surface area contributed by atoms with E-state index in [4.69, 9.17) is 9.47 Å². The van der Waals surface area contributed by atoms with E-state index in [0.717, 1.165) is 17.9 Å². The van der Waals surface area contributed by atoms with E-state index in [1.165, 1.54) is 0 Å². The Bertz CT molecular complexity index is 500. The van der Waals surface area contributed by atoms with Crippen LogP contribution < -0.4 is 4.74 Å². The molecule has 1 aromatic carbocycles. The van der Waals surface area contributed by atoms with Crippen LogP contribution in [0.1, 0.15) is 6.92 Å². The average molecular weight is 508 g/mol. The Morgan fingerprint density at radius 2 is 1.83 bits per heavy atom. The van der Waals surface area contributed by atoms with Gasteiger partial charge >= 0.3 is 5.97 Å². The number of halogens is 4. The minimum Gasteiger partial charge on any atom is -0.456 e. The summed E-state index contributed by atoms with van der Waals surface area (Å²) >= 11 is 13.6. The first kappa shape index (κ1) is 16.2. The van der Waals surface area contributed by atoms with Crippen LogP contribution in [0.2, 0.25) is 0 Å². The number of ether oxygens (including phenoxy) is 2. The molecule has 7 heteroatoms. The lowest BCUT2D eigenvalue weighted by atomic mass is 10.3. The van der Waals surface area contributed by atoms with Gasteiger partial charge < -0.3 is 9.47 Å². The highest BCUT2D eigenvalue weighted by molar-refractivity contribution is 9.15. The SMILES string of the molecule is C=C(C)C(=O)OCOc1cc(Br)c(Br)c(Br)c1Br. The monoisotopic (exact) mass is 504 g/mol. The zero-order valence-electron chi connectivity index (χ0n) is 9.23. The number of esters is 1. The summed E-state index contributed by atoms with van der Waals surface area (Å²) in [7, 11) is 0. The average Bonchev–Trinajstić information content (AvgIpc) is 2.32. The van der Waals surface area contributed by atoms with Gasteiger partial charge in [0.05, 0.1) is 8.95 Å². The summed E-state index contributed by atoms with van der Waals surface area (Å²) in [6.45, 7) is 4.88. The molecule has 0 bridgehead atoms. The maximum atomic E-state index is 11.2. The predicted molar refractivity (Wildman–Crippen MR) is 83.6 cm³/mol. The zero-order valence-corrected chi connectivity index (χ0v) is 15.6. The maximum absolute atomic E-state index is 11.2. The molecule has 0 saturated heterocycles. The molecule has 0 fully saturated rings. The van der Waals surface area contributed by atoms with Crippen LogP contribution in [0.4, 0.5) is 0 Å². The van der Waals surface area contributed by atoms with Gasteiger partial charge in [0.25, 0.3) is 0 Å². The largest absolute Gasteiger partial charge is 0.456 e. The topological polar surface area (TPSA) is 35.5 Å². The molecule has 0 radical (unpaired) electrons. The van der Waals surface area contributed by atoms with Crippen LogP contribution in [-0.2, 0) is 9.53 Å². The maximum Gasteiger partial charge on any atom is 0.335 e. The third-order valence-corrected chi connectivity index (χ3v) is 6.45. The van der Waals surface area contributed by atoms with Crippen LogP contribution in [0.5, 0.6) is 5.75 Å². The quantitative estimate of drug-likeness (QED) is 0.185. The van der Waals surface area contributed by atoms with E-state index < -0.39 is 5.97 Å². The van der Waals surface area contributed by atoms with Gasteiger partial charge in [0.15, 0.2) is 0 Å². The van der Waals surface area contributed by atoms with Gasteiger partial charge in [0.1, 0.15) is 5.75 Å². The first-order valence-electron chi connectivity index (χ1n) is 4.63. The lowest BCUT2D eigenvalue weighted by Crippen LogP contribution is -2.11. The second-order valence-electron chi connectivity index (χ2n) is 3.27. The molecule has 0 N–H and O–H groups in total. The van der Waals surface area contributed by atoms with Gasteiger partial charge in [-0.3, -0.25) is 0 Å². The smallest absolute Gasteiger partial charge is 0.335 e. The van der Waals surface area contributed by atoms with Crippen molar-refractivity contribution in [2.45, 2.75) is 6.92 Å². The number of hydrogen-bond donors (Lipinski definition) is 0. The van der Waals surface area contributed by atoms with E-state index in [0.29, 0.717) is 11.3 Å². The molecule has 98 valence electrons. The molecule has 0 unspecified atom stereocenters. The van der Waals surface area contributed by atoms with Gasteiger partial charge in [-0.25, -0.2) is 4.79 Å². The van der Waals surface area contributed by atoms with Crippen molar-refractivity contribution in [3.63, 3.8) is 0 Å². The van der Waals surface area contributed by atoms with E-state index in [9.17, 15) is 4.79 Å². The third kappa shape index (κ3) is 4.08. The molecule has 0 amide bonds. The Kier molecular flexibility index (Phi) is 6.37. The fourth-order valence-electron chi connectivity index (χ4n) is 0.926. The minimum absolute atomic E-state index is 0.176. The molecular weight excluding hydrogens is 500 g/mol. The highest BCUT2D eigenvalue weighted by atomic mass is 79.9. The number of carbonyl (C=O) groups excluding carboxylic acids is 1. The summed E-state index contributed by atoms with van der Waals surface area (Å²) in [5, 5.41) is 0. The lowest BCUT2D eigenvalue weighted by molar-refractivity contribution is -0.145. The standard InChI is InChI=1S/C11H8Br4O3/c1-5(2)11(16)18-4-17-7-3-6(12)8(13)10(15)9(7)14/h3H,1,4H2,2H3. The molecule has 0 atom stereocenters. The minimum atomic E-state index is -0.485. The van der Waals surface area contributed by atoms with Crippen molar-refractivity contribution >= 4 is 69.7 Å². The van der Waals surface area contributed by atoms with E-state index in [1.54, 1.807) is 13.0 Å². The molecule has 18 heavy (non-hydrogen) atoms. The Balaban J connectivity index is 2.75. The number of rotatable bonds is 4. The molecule has 0 heterocycles. The van der Waals surface area contributed by atoms with Crippen molar-refractivity contribution in [3.05, 3.63) is 36.1 Å². The Morgan fingerprint density at radius 1 is 1.22 bits per heavy atom.